The fourth-order valence-corrected chi connectivity index (χ4v) is 3.85. The largest absolute Gasteiger partial charge is 0.269 e. The van der Waals surface area contributed by atoms with Gasteiger partial charge in [-0.05, 0) is 60.7 Å². The molecule has 0 bridgehead atoms. The van der Waals surface area contributed by atoms with E-state index in [1.165, 1.54) is 24.3 Å². The minimum Gasteiger partial charge on any atom is -0.268 e. The molecule has 0 atom stereocenters. The van der Waals surface area contributed by atoms with Gasteiger partial charge in [0.1, 0.15) is 0 Å². The maximum Gasteiger partial charge on any atom is 0.269 e. The number of carbonyl (C=O) groups excluding carboxylic acids is 2. The van der Waals surface area contributed by atoms with Crippen LogP contribution < -0.4 is 15.6 Å². The van der Waals surface area contributed by atoms with Gasteiger partial charge in [-0.2, -0.15) is 0 Å². The van der Waals surface area contributed by atoms with Gasteiger partial charge in [-0.25, -0.2) is 13.1 Å². The molecule has 0 radical (unpaired) electrons. The molecule has 1 aliphatic carbocycles. The van der Waals surface area contributed by atoms with Gasteiger partial charge in [0.25, 0.3) is 11.8 Å². The van der Waals surface area contributed by atoms with Crippen molar-refractivity contribution in [3.05, 3.63) is 71.3 Å². The molecule has 152 valence electrons. The van der Waals surface area contributed by atoms with Gasteiger partial charge in [0.15, 0.2) is 0 Å². The number of nitrogens with one attached hydrogen (secondary N) is 3. The third kappa shape index (κ3) is 6.00. The van der Waals surface area contributed by atoms with Gasteiger partial charge in [0.05, 0.1) is 4.90 Å². The predicted molar refractivity (Wildman–Crippen MR) is 110 cm³/mol. The summed E-state index contributed by atoms with van der Waals surface area (Å²) in [6, 6.07) is 13.4. The summed E-state index contributed by atoms with van der Waals surface area (Å²) in [5.74, 6) is -0.914. The van der Waals surface area contributed by atoms with Crippen LogP contribution in [0.1, 0.15) is 41.3 Å². The molecule has 1 fully saturated rings. The van der Waals surface area contributed by atoms with E-state index in [4.69, 9.17) is 0 Å². The van der Waals surface area contributed by atoms with E-state index in [-0.39, 0.29) is 10.9 Å². The fourth-order valence-electron chi connectivity index (χ4n) is 2.54. The minimum absolute atomic E-state index is 0.0445. The van der Waals surface area contributed by atoms with Crippen LogP contribution in [-0.2, 0) is 21.2 Å². The highest BCUT2D eigenvalue weighted by molar-refractivity contribution is 7.89. The summed E-state index contributed by atoms with van der Waals surface area (Å²) in [5, 5.41) is 0. The maximum absolute atomic E-state index is 12.1. The Morgan fingerprint density at radius 3 is 2.24 bits per heavy atom. The molecule has 0 heterocycles. The smallest absolute Gasteiger partial charge is 0.268 e. The molecule has 1 aliphatic rings. The zero-order valence-corrected chi connectivity index (χ0v) is 16.8. The van der Waals surface area contributed by atoms with Crippen LogP contribution >= 0.6 is 0 Å². The lowest BCUT2D eigenvalue weighted by molar-refractivity contribution is -0.117. The van der Waals surface area contributed by atoms with E-state index in [0.717, 1.165) is 24.8 Å². The highest BCUT2D eigenvalue weighted by Crippen LogP contribution is 2.22. The highest BCUT2D eigenvalue weighted by atomic mass is 32.2. The number of benzene rings is 2. The Morgan fingerprint density at radius 2 is 1.66 bits per heavy atom. The topological polar surface area (TPSA) is 104 Å². The summed E-state index contributed by atoms with van der Waals surface area (Å²) in [5.41, 5.74) is 6.89. The zero-order chi connectivity index (χ0) is 20.9. The number of aryl methyl sites for hydroxylation is 1. The molecular weight excluding hydrogens is 390 g/mol. The van der Waals surface area contributed by atoms with E-state index in [1.807, 2.05) is 19.1 Å². The molecule has 2 aromatic carbocycles. The SMILES string of the molecule is CCc1ccc(C(=O)NNC(=O)/C=C/c2ccc(S(=O)(=O)NC3CC3)cc2)cc1. The molecule has 29 heavy (non-hydrogen) atoms. The van der Waals surface area contributed by atoms with Gasteiger partial charge < -0.3 is 0 Å². The van der Waals surface area contributed by atoms with Crippen LogP contribution in [0.2, 0.25) is 0 Å². The summed E-state index contributed by atoms with van der Waals surface area (Å²) in [7, 11) is -3.49. The van der Waals surface area contributed by atoms with Crippen LogP contribution in [0, 0.1) is 0 Å². The second kappa shape index (κ2) is 9.02. The van der Waals surface area contributed by atoms with Crippen LogP contribution in [0.3, 0.4) is 0 Å². The Hall–Kier alpha value is -2.97. The van der Waals surface area contributed by atoms with Crippen molar-refractivity contribution in [2.45, 2.75) is 37.1 Å². The fraction of sp³-hybridized carbons (Fsp3) is 0.238. The number of sulfonamides is 1. The quantitative estimate of drug-likeness (QED) is 0.478. The predicted octanol–water partition coefficient (Wildman–Crippen LogP) is 2.16. The third-order valence-electron chi connectivity index (χ3n) is 4.44. The van der Waals surface area contributed by atoms with Crippen LogP contribution in [0.15, 0.2) is 59.5 Å². The van der Waals surface area contributed by atoms with Crippen molar-refractivity contribution in [1.29, 1.82) is 0 Å². The first-order chi connectivity index (χ1) is 13.9. The van der Waals surface area contributed by atoms with Gasteiger partial charge >= 0.3 is 0 Å². The Bertz CT molecular complexity index is 1010. The van der Waals surface area contributed by atoms with Crippen LogP contribution in [0.4, 0.5) is 0 Å². The first-order valence-corrected chi connectivity index (χ1v) is 10.9. The summed E-state index contributed by atoms with van der Waals surface area (Å²) >= 11 is 0. The van der Waals surface area contributed by atoms with Crippen molar-refractivity contribution in [2.75, 3.05) is 0 Å². The highest BCUT2D eigenvalue weighted by Gasteiger charge is 2.27. The van der Waals surface area contributed by atoms with E-state index in [9.17, 15) is 18.0 Å². The van der Waals surface area contributed by atoms with Crippen molar-refractivity contribution in [3.63, 3.8) is 0 Å². The van der Waals surface area contributed by atoms with Crippen molar-refractivity contribution in [3.8, 4) is 0 Å². The van der Waals surface area contributed by atoms with Crippen molar-refractivity contribution >= 4 is 27.9 Å². The Morgan fingerprint density at radius 1 is 1.00 bits per heavy atom. The standard InChI is InChI=1S/C21H23N3O4S/c1-2-15-3-8-17(9-4-15)21(26)23-22-20(25)14-7-16-5-12-19(13-6-16)29(27,28)24-18-10-11-18/h3-9,12-14,18,24H,2,10-11H2,1H3,(H,22,25)(H,23,26)/b14-7+. The molecule has 0 saturated heterocycles. The van der Waals surface area contributed by atoms with Gasteiger partial charge in [-0.15, -0.1) is 0 Å². The molecule has 3 rings (SSSR count). The normalized spacial score (nSPS) is 14.0. The Labute approximate surface area is 170 Å². The van der Waals surface area contributed by atoms with E-state index in [0.29, 0.717) is 11.1 Å². The lowest BCUT2D eigenvalue weighted by Crippen LogP contribution is -2.40. The number of hydrazine groups is 1. The van der Waals surface area contributed by atoms with Crippen LogP contribution in [0.5, 0.6) is 0 Å². The lowest BCUT2D eigenvalue weighted by Gasteiger charge is -2.06. The molecule has 0 unspecified atom stereocenters. The number of hydrogen-bond acceptors (Lipinski definition) is 4. The van der Waals surface area contributed by atoms with Crippen molar-refractivity contribution < 1.29 is 18.0 Å². The van der Waals surface area contributed by atoms with Crippen molar-refractivity contribution in [1.82, 2.24) is 15.6 Å². The molecule has 3 N–H and O–H groups in total. The first-order valence-electron chi connectivity index (χ1n) is 9.37. The number of rotatable bonds is 7. The molecule has 1 saturated carbocycles. The van der Waals surface area contributed by atoms with Crippen molar-refractivity contribution in [2.24, 2.45) is 0 Å². The molecule has 7 nitrogen and oxygen atoms in total. The van der Waals surface area contributed by atoms with Gasteiger partial charge in [-0.3, -0.25) is 20.4 Å². The third-order valence-corrected chi connectivity index (χ3v) is 5.98. The van der Waals surface area contributed by atoms with Gasteiger partial charge in [0, 0.05) is 17.7 Å². The summed E-state index contributed by atoms with van der Waals surface area (Å²) in [6.45, 7) is 2.03. The maximum atomic E-state index is 12.1. The van der Waals surface area contributed by atoms with Gasteiger partial charge in [-0.1, -0.05) is 31.2 Å². The minimum atomic E-state index is -3.49. The second-order valence-corrected chi connectivity index (χ2v) is 8.51. The number of carbonyl (C=O) groups is 2. The Balaban J connectivity index is 1.51. The van der Waals surface area contributed by atoms with E-state index >= 15 is 0 Å². The first kappa shape index (κ1) is 20.8. The summed E-state index contributed by atoms with van der Waals surface area (Å²) in [6.07, 6.45) is 5.41. The number of amides is 2. The molecule has 0 spiro atoms. The zero-order valence-electron chi connectivity index (χ0n) is 16.0. The molecule has 2 amide bonds. The molecule has 8 heteroatoms. The van der Waals surface area contributed by atoms with E-state index in [1.54, 1.807) is 24.3 Å². The van der Waals surface area contributed by atoms with E-state index in [2.05, 4.69) is 15.6 Å². The molecule has 0 aliphatic heterocycles. The molecule has 0 aromatic heterocycles. The summed E-state index contributed by atoms with van der Waals surface area (Å²) in [4.78, 5) is 24.1. The molecule has 2 aromatic rings. The monoisotopic (exact) mass is 413 g/mol. The second-order valence-electron chi connectivity index (χ2n) is 6.79. The van der Waals surface area contributed by atoms with Gasteiger partial charge in [0.2, 0.25) is 10.0 Å². The molecular formula is C21H23N3O4S. The summed E-state index contributed by atoms with van der Waals surface area (Å²) < 4.78 is 26.9. The van der Waals surface area contributed by atoms with Crippen LogP contribution in [-0.4, -0.2) is 26.3 Å². The van der Waals surface area contributed by atoms with E-state index < -0.39 is 21.8 Å². The number of hydrogen-bond donors (Lipinski definition) is 3. The average molecular weight is 413 g/mol. The van der Waals surface area contributed by atoms with Crippen LogP contribution in [0.25, 0.3) is 6.08 Å². The Kier molecular flexibility index (Phi) is 6.46. The lowest BCUT2D eigenvalue weighted by atomic mass is 10.1. The average Bonchev–Trinajstić information content (AvgIpc) is 3.54.